The lowest BCUT2D eigenvalue weighted by atomic mass is 9.99. The van der Waals surface area contributed by atoms with Gasteiger partial charge in [0.15, 0.2) is 10.9 Å². The number of piperidine rings is 1. The van der Waals surface area contributed by atoms with Gasteiger partial charge in [-0.15, -0.1) is 11.3 Å². The lowest BCUT2D eigenvalue weighted by Gasteiger charge is -2.45. The number of rotatable bonds is 2. The summed E-state index contributed by atoms with van der Waals surface area (Å²) in [6.45, 7) is 7.78. The molecule has 2 bridgehead atoms. The minimum absolute atomic E-state index is 0.107. The Kier molecular flexibility index (Phi) is 4.66. The molecule has 1 N–H and O–H groups in total. The Hall–Kier alpha value is -3.00. The first kappa shape index (κ1) is 19.0. The van der Waals surface area contributed by atoms with Gasteiger partial charge in [0.2, 0.25) is 0 Å². The first-order valence-corrected chi connectivity index (χ1v) is 11.0. The van der Waals surface area contributed by atoms with Crippen LogP contribution in [-0.2, 0) is 0 Å². The standard InChI is InChI=1S/C22H24N6OS/c1-13-11-16(8-9-23-13)18-6-7-19-20(25-18)28(17-5-4-10-27(19)12-17)22(29)26-21-24-14(2)15(3)30-21/h6-9,11,17H,4-5,10,12H2,1-3H3,(H,24,26,29). The van der Waals surface area contributed by atoms with Crippen LogP contribution in [0.25, 0.3) is 11.3 Å². The van der Waals surface area contributed by atoms with Gasteiger partial charge in [0.25, 0.3) is 0 Å². The number of aromatic nitrogens is 3. The molecule has 5 rings (SSSR count). The van der Waals surface area contributed by atoms with Crippen molar-refractivity contribution < 1.29 is 4.79 Å². The lowest BCUT2D eigenvalue weighted by Crippen LogP contribution is -2.56. The summed E-state index contributed by atoms with van der Waals surface area (Å²) >= 11 is 1.51. The second-order valence-corrected chi connectivity index (χ2v) is 9.13. The highest BCUT2D eigenvalue weighted by molar-refractivity contribution is 7.15. The van der Waals surface area contributed by atoms with Crippen LogP contribution in [0.15, 0.2) is 30.5 Å². The summed E-state index contributed by atoms with van der Waals surface area (Å²) in [6, 6.07) is 8.04. The van der Waals surface area contributed by atoms with Crippen molar-refractivity contribution in [2.45, 2.75) is 39.7 Å². The second kappa shape index (κ2) is 7.36. The quantitative estimate of drug-likeness (QED) is 0.658. The van der Waals surface area contributed by atoms with E-state index in [1.54, 1.807) is 6.20 Å². The number of nitrogens with zero attached hydrogens (tertiary/aromatic N) is 5. The van der Waals surface area contributed by atoms with E-state index in [9.17, 15) is 4.79 Å². The molecule has 2 amide bonds. The summed E-state index contributed by atoms with van der Waals surface area (Å²) in [4.78, 5) is 32.4. The average molecular weight is 421 g/mol. The van der Waals surface area contributed by atoms with E-state index in [0.717, 1.165) is 65.0 Å². The van der Waals surface area contributed by atoms with E-state index in [4.69, 9.17) is 4.98 Å². The maximum atomic E-state index is 13.4. The van der Waals surface area contributed by atoms with Crippen molar-refractivity contribution in [1.82, 2.24) is 15.0 Å². The zero-order chi connectivity index (χ0) is 20.8. The predicted molar refractivity (Wildman–Crippen MR) is 121 cm³/mol. The van der Waals surface area contributed by atoms with Gasteiger partial charge < -0.3 is 4.90 Å². The van der Waals surface area contributed by atoms with Crippen LogP contribution in [0, 0.1) is 20.8 Å². The Balaban J connectivity index is 1.55. The Morgan fingerprint density at radius 1 is 1.20 bits per heavy atom. The van der Waals surface area contributed by atoms with E-state index >= 15 is 0 Å². The van der Waals surface area contributed by atoms with Crippen LogP contribution in [0.3, 0.4) is 0 Å². The number of anilines is 3. The largest absolute Gasteiger partial charge is 0.366 e. The van der Waals surface area contributed by atoms with Gasteiger partial charge >= 0.3 is 6.03 Å². The molecule has 0 aromatic carbocycles. The highest BCUT2D eigenvalue weighted by atomic mass is 32.1. The molecule has 5 heterocycles. The monoisotopic (exact) mass is 420 g/mol. The minimum atomic E-state index is -0.160. The zero-order valence-electron chi connectivity index (χ0n) is 17.3. The summed E-state index contributed by atoms with van der Waals surface area (Å²) in [5.41, 5.74) is 4.76. The van der Waals surface area contributed by atoms with Crippen LogP contribution in [-0.4, -0.2) is 40.1 Å². The topological polar surface area (TPSA) is 74.2 Å². The molecule has 2 aliphatic heterocycles. The van der Waals surface area contributed by atoms with Gasteiger partial charge in [0.1, 0.15) is 0 Å². The van der Waals surface area contributed by atoms with E-state index in [1.807, 2.05) is 43.9 Å². The molecule has 0 radical (unpaired) electrons. The number of thiazole rings is 1. The number of nitrogens with one attached hydrogen (secondary N) is 1. The summed E-state index contributed by atoms with van der Waals surface area (Å²) < 4.78 is 0. The van der Waals surface area contributed by atoms with Crippen LogP contribution in [0.1, 0.15) is 29.1 Å². The molecular formula is C22H24N6OS. The van der Waals surface area contributed by atoms with Gasteiger partial charge in [-0.2, -0.15) is 0 Å². The maximum absolute atomic E-state index is 13.4. The fourth-order valence-corrected chi connectivity index (χ4v) is 5.03. The molecule has 1 saturated heterocycles. The van der Waals surface area contributed by atoms with E-state index in [-0.39, 0.29) is 12.1 Å². The SMILES string of the molecule is Cc1cc(-c2ccc3c(n2)N(C(=O)Nc2nc(C)c(C)s2)C2CCCN3C2)ccn1. The van der Waals surface area contributed by atoms with Gasteiger partial charge in [0.05, 0.1) is 23.1 Å². The number of pyridine rings is 2. The van der Waals surface area contributed by atoms with E-state index in [2.05, 4.69) is 26.3 Å². The fraction of sp³-hybridized carbons (Fsp3) is 0.364. The summed E-state index contributed by atoms with van der Waals surface area (Å²) in [5, 5.41) is 3.65. The van der Waals surface area contributed by atoms with Crippen molar-refractivity contribution in [2.75, 3.05) is 28.2 Å². The smallest absolute Gasteiger partial charge is 0.329 e. The second-order valence-electron chi connectivity index (χ2n) is 7.93. The average Bonchev–Trinajstić information content (AvgIpc) is 3.04. The molecule has 0 saturated carbocycles. The number of amides is 2. The van der Waals surface area contributed by atoms with Crippen molar-refractivity contribution in [1.29, 1.82) is 0 Å². The third-order valence-electron chi connectivity index (χ3n) is 5.84. The lowest BCUT2D eigenvalue weighted by molar-refractivity contribution is 0.252. The van der Waals surface area contributed by atoms with E-state index < -0.39 is 0 Å². The van der Waals surface area contributed by atoms with Gasteiger partial charge in [0, 0.05) is 35.4 Å². The Bertz CT molecular complexity index is 1110. The summed E-state index contributed by atoms with van der Waals surface area (Å²) in [5.74, 6) is 0.723. The molecule has 30 heavy (non-hydrogen) atoms. The molecule has 1 atom stereocenters. The predicted octanol–water partition coefficient (Wildman–Crippen LogP) is 4.55. The minimum Gasteiger partial charge on any atom is -0.366 e. The number of carbonyl (C=O) groups excluding carboxylic acids is 1. The third-order valence-corrected chi connectivity index (χ3v) is 6.83. The first-order valence-electron chi connectivity index (χ1n) is 10.2. The van der Waals surface area contributed by atoms with E-state index in [1.165, 1.54) is 11.3 Å². The number of hydrogen-bond donors (Lipinski definition) is 1. The Morgan fingerprint density at radius 3 is 2.83 bits per heavy atom. The number of hydrogen-bond acceptors (Lipinski definition) is 6. The van der Waals surface area contributed by atoms with Gasteiger partial charge in [-0.05, 0) is 57.9 Å². The molecule has 154 valence electrons. The van der Waals surface area contributed by atoms with Gasteiger partial charge in [-0.25, -0.2) is 14.8 Å². The van der Waals surface area contributed by atoms with Crippen molar-refractivity contribution in [2.24, 2.45) is 0 Å². The number of aryl methyl sites for hydroxylation is 3. The van der Waals surface area contributed by atoms with Crippen LogP contribution >= 0.6 is 11.3 Å². The molecule has 3 aromatic rings. The number of fused-ring (bicyclic) bond motifs is 4. The highest BCUT2D eigenvalue weighted by Crippen LogP contribution is 2.39. The van der Waals surface area contributed by atoms with Crippen molar-refractivity contribution in [3.63, 3.8) is 0 Å². The molecule has 0 aliphatic carbocycles. The fourth-order valence-electron chi connectivity index (χ4n) is 4.23. The van der Waals surface area contributed by atoms with Crippen molar-refractivity contribution in [3.8, 4) is 11.3 Å². The van der Waals surface area contributed by atoms with Crippen LogP contribution in [0.2, 0.25) is 0 Å². The Labute approximate surface area is 179 Å². The molecule has 1 fully saturated rings. The van der Waals surface area contributed by atoms with E-state index in [0.29, 0.717) is 5.13 Å². The maximum Gasteiger partial charge on any atom is 0.329 e. The Morgan fingerprint density at radius 2 is 2.07 bits per heavy atom. The summed E-state index contributed by atoms with van der Waals surface area (Å²) in [6.07, 6.45) is 3.83. The molecule has 7 nitrogen and oxygen atoms in total. The molecule has 0 spiro atoms. The molecule has 3 aromatic heterocycles. The molecular weight excluding hydrogens is 396 g/mol. The van der Waals surface area contributed by atoms with Crippen LogP contribution in [0.4, 0.5) is 21.4 Å². The first-order chi connectivity index (χ1) is 14.5. The molecule has 8 heteroatoms. The molecule has 1 unspecified atom stereocenters. The van der Waals surface area contributed by atoms with Crippen molar-refractivity contribution in [3.05, 3.63) is 46.7 Å². The van der Waals surface area contributed by atoms with Crippen LogP contribution < -0.4 is 15.1 Å². The third kappa shape index (κ3) is 3.31. The molecule has 2 aliphatic rings. The summed E-state index contributed by atoms with van der Waals surface area (Å²) in [7, 11) is 0. The highest BCUT2D eigenvalue weighted by Gasteiger charge is 2.38. The van der Waals surface area contributed by atoms with Gasteiger partial charge in [-0.1, -0.05) is 0 Å². The van der Waals surface area contributed by atoms with Gasteiger partial charge in [-0.3, -0.25) is 15.2 Å². The van der Waals surface area contributed by atoms with Crippen molar-refractivity contribution >= 4 is 34.0 Å². The zero-order valence-corrected chi connectivity index (χ0v) is 18.2. The number of urea groups is 1. The van der Waals surface area contributed by atoms with Crippen LogP contribution in [0.5, 0.6) is 0 Å². The normalized spacial score (nSPS) is 17.6. The number of carbonyl (C=O) groups is 1.